The highest BCUT2D eigenvalue weighted by atomic mass is 19.2. The van der Waals surface area contributed by atoms with Gasteiger partial charge in [0.15, 0.2) is 23.3 Å². The van der Waals surface area contributed by atoms with Gasteiger partial charge < -0.3 is 5.32 Å². The van der Waals surface area contributed by atoms with E-state index in [1.54, 1.807) is 31.3 Å². The predicted molar refractivity (Wildman–Crippen MR) is 80.4 cm³/mol. The van der Waals surface area contributed by atoms with Gasteiger partial charge >= 0.3 is 0 Å². The Morgan fingerprint density at radius 1 is 1.12 bits per heavy atom. The van der Waals surface area contributed by atoms with Crippen molar-refractivity contribution in [1.82, 2.24) is 14.8 Å². The number of anilines is 1. The van der Waals surface area contributed by atoms with Crippen LogP contribution in [0.15, 0.2) is 42.7 Å². The summed E-state index contributed by atoms with van der Waals surface area (Å²) >= 11 is 0. The topological polar surface area (TPSA) is 59.8 Å². The molecule has 0 atom stereocenters. The lowest BCUT2D eigenvalue weighted by Crippen LogP contribution is -2.15. The Morgan fingerprint density at radius 2 is 1.92 bits per heavy atom. The van der Waals surface area contributed by atoms with Crippen LogP contribution in [0.3, 0.4) is 0 Å². The molecular weight excluding hydrogens is 321 g/mol. The highest BCUT2D eigenvalue weighted by molar-refractivity contribution is 6.05. The molecular formula is C16H11F3N4O. The number of carbonyl (C=O) groups is 1. The summed E-state index contributed by atoms with van der Waals surface area (Å²) in [5.74, 6) is -4.62. The zero-order chi connectivity index (χ0) is 17.3. The molecule has 1 amide bonds. The number of aromatic nitrogens is 3. The second-order valence-corrected chi connectivity index (χ2v) is 4.92. The first-order chi connectivity index (χ1) is 11.5. The zero-order valence-corrected chi connectivity index (χ0v) is 12.4. The van der Waals surface area contributed by atoms with Crippen LogP contribution < -0.4 is 5.32 Å². The number of benzene rings is 1. The van der Waals surface area contributed by atoms with E-state index in [9.17, 15) is 18.0 Å². The number of nitrogens with zero attached hydrogens (tertiary/aromatic N) is 3. The zero-order valence-electron chi connectivity index (χ0n) is 12.4. The fraction of sp³-hybridized carbons (Fsp3) is 0.0625. The number of rotatable bonds is 3. The summed E-state index contributed by atoms with van der Waals surface area (Å²) in [7, 11) is 0. The average molecular weight is 332 g/mol. The number of pyridine rings is 1. The molecule has 1 aromatic carbocycles. The van der Waals surface area contributed by atoms with Crippen LogP contribution >= 0.6 is 0 Å². The van der Waals surface area contributed by atoms with E-state index in [0.29, 0.717) is 11.5 Å². The molecule has 1 N–H and O–H groups in total. The smallest absolute Gasteiger partial charge is 0.259 e. The van der Waals surface area contributed by atoms with Crippen LogP contribution in [-0.4, -0.2) is 20.7 Å². The third-order valence-electron chi connectivity index (χ3n) is 3.40. The molecule has 0 aliphatic rings. The van der Waals surface area contributed by atoms with Gasteiger partial charge in [-0.15, -0.1) is 0 Å². The highest BCUT2D eigenvalue weighted by Crippen LogP contribution is 2.21. The van der Waals surface area contributed by atoms with Crippen molar-refractivity contribution in [2.24, 2.45) is 0 Å². The summed E-state index contributed by atoms with van der Waals surface area (Å²) < 4.78 is 41.2. The Bertz CT molecular complexity index is 909. The van der Waals surface area contributed by atoms with Gasteiger partial charge in [-0.1, -0.05) is 6.07 Å². The summed E-state index contributed by atoms with van der Waals surface area (Å²) in [5.41, 5.74) is 0.169. The van der Waals surface area contributed by atoms with Crippen molar-refractivity contribution in [3.63, 3.8) is 0 Å². The first kappa shape index (κ1) is 15.7. The largest absolute Gasteiger partial charge is 0.319 e. The molecule has 0 aliphatic heterocycles. The third kappa shape index (κ3) is 2.73. The maximum absolute atomic E-state index is 13.6. The quantitative estimate of drug-likeness (QED) is 0.749. The number of hydrogen-bond acceptors (Lipinski definition) is 3. The van der Waals surface area contributed by atoms with Gasteiger partial charge in [0.25, 0.3) is 5.91 Å². The molecule has 3 aromatic rings. The number of carbonyl (C=O) groups excluding carboxylic acids is 1. The molecule has 122 valence electrons. The molecule has 0 radical (unpaired) electrons. The molecule has 0 fully saturated rings. The average Bonchev–Trinajstić information content (AvgIpc) is 2.98. The van der Waals surface area contributed by atoms with Gasteiger partial charge in [-0.25, -0.2) is 22.8 Å². The van der Waals surface area contributed by atoms with Crippen molar-refractivity contribution in [3.8, 4) is 5.82 Å². The van der Waals surface area contributed by atoms with Gasteiger partial charge in [0.1, 0.15) is 0 Å². The molecule has 0 saturated carbocycles. The fourth-order valence-electron chi connectivity index (χ4n) is 2.15. The molecule has 8 heteroatoms. The molecule has 2 heterocycles. The van der Waals surface area contributed by atoms with Crippen molar-refractivity contribution >= 4 is 11.6 Å². The van der Waals surface area contributed by atoms with E-state index in [1.807, 2.05) is 0 Å². The maximum atomic E-state index is 13.6. The summed E-state index contributed by atoms with van der Waals surface area (Å²) in [6, 6.07) is 6.89. The van der Waals surface area contributed by atoms with Gasteiger partial charge in [0, 0.05) is 6.20 Å². The van der Waals surface area contributed by atoms with Gasteiger partial charge in [-0.05, 0) is 31.2 Å². The van der Waals surface area contributed by atoms with E-state index < -0.39 is 29.0 Å². The Morgan fingerprint density at radius 3 is 2.62 bits per heavy atom. The standard InChI is InChI=1S/C16H11F3N4O/c1-9-10(8-21-23(9)13-4-2-3-7-20-13)16(24)22-12-6-5-11(17)14(18)15(12)19/h2-8H,1H3,(H,22,24). The molecule has 0 bridgehead atoms. The van der Waals surface area contributed by atoms with Crippen LogP contribution in [0.5, 0.6) is 0 Å². The summed E-state index contributed by atoms with van der Waals surface area (Å²) in [4.78, 5) is 16.4. The number of amides is 1. The molecule has 0 aliphatic carbocycles. The van der Waals surface area contributed by atoms with E-state index in [0.717, 1.165) is 12.1 Å². The van der Waals surface area contributed by atoms with Gasteiger partial charge in [0.05, 0.1) is 23.1 Å². The summed E-state index contributed by atoms with van der Waals surface area (Å²) in [6.45, 7) is 1.64. The highest BCUT2D eigenvalue weighted by Gasteiger charge is 2.19. The Labute approximate surface area is 134 Å². The second kappa shape index (κ2) is 6.15. The number of halogens is 3. The van der Waals surface area contributed by atoms with Crippen LogP contribution in [0.2, 0.25) is 0 Å². The number of hydrogen-bond donors (Lipinski definition) is 1. The minimum absolute atomic E-state index is 0.157. The predicted octanol–water partition coefficient (Wildman–Crippen LogP) is 3.25. The van der Waals surface area contributed by atoms with Crippen molar-refractivity contribution in [2.45, 2.75) is 6.92 Å². The van der Waals surface area contributed by atoms with Crippen molar-refractivity contribution in [1.29, 1.82) is 0 Å². The van der Waals surface area contributed by atoms with Crippen LogP contribution in [0.25, 0.3) is 5.82 Å². The monoisotopic (exact) mass is 332 g/mol. The van der Waals surface area contributed by atoms with E-state index in [2.05, 4.69) is 15.4 Å². The molecule has 2 aromatic heterocycles. The SMILES string of the molecule is Cc1c(C(=O)Nc2ccc(F)c(F)c2F)cnn1-c1ccccn1. The third-order valence-corrected chi connectivity index (χ3v) is 3.40. The maximum Gasteiger partial charge on any atom is 0.259 e. The normalized spacial score (nSPS) is 10.7. The van der Waals surface area contributed by atoms with E-state index >= 15 is 0 Å². The van der Waals surface area contributed by atoms with Crippen molar-refractivity contribution in [3.05, 3.63) is 71.4 Å². The summed E-state index contributed by atoms with van der Waals surface area (Å²) in [6.07, 6.45) is 2.87. The molecule has 5 nitrogen and oxygen atoms in total. The van der Waals surface area contributed by atoms with Crippen LogP contribution in [0.4, 0.5) is 18.9 Å². The lowest BCUT2D eigenvalue weighted by atomic mass is 10.2. The molecule has 0 unspecified atom stereocenters. The van der Waals surface area contributed by atoms with Crippen LogP contribution in [0, 0.1) is 24.4 Å². The lowest BCUT2D eigenvalue weighted by Gasteiger charge is -2.07. The van der Waals surface area contributed by atoms with E-state index in [1.165, 1.54) is 10.9 Å². The Kier molecular flexibility index (Phi) is 4.03. The van der Waals surface area contributed by atoms with Gasteiger partial charge in [0.2, 0.25) is 0 Å². The van der Waals surface area contributed by atoms with E-state index in [4.69, 9.17) is 0 Å². The lowest BCUT2D eigenvalue weighted by molar-refractivity contribution is 0.102. The Hall–Kier alpha value is -3.16. The minimum Gasteiger partial charge on any atom is -0.319 e. The van der Waals surface area contributed by atoms with Crippen molar-refractivity contribution < 1.29 is 18.0 Å². The van der Waals surface area contributed by atoms with Crippen LogP contribution in [0.1, 0.15) is 16.1 Å². The first-order valence-electron chi connectivity index (χ1n) is 6.90. The molecule has 0 saturated heterocycles. The van der Waals surface area contributed by atoms with Gasteiger partial charge in [-0.3, -0.25) is 4.79 Å². The molecule has 0 spiro atoms. The van der Waals surface area contributed by atoms with Crippen molar-refractivity contribution in [2.75, 3.05) is 5.32 Å². The fourth-order valence-corrected chi connectivity index (χ4v) is 2.15. The first-order valence-corrected chi connectivity index (χ1v) is 6.90. The number of nitrogens with one attached hydrogen (secondary N) is 1. The summed E-state index contributed by atoms with van der Waals surface area (Å²) in [5, 5.41) is 6.27. The van der Waals surface area contributed by atoms with E-state index in [-0.39, 0.29) is 5.56 Å². The molecule has 24 heavy (non-hydrogen) atoms. The second-order valence-electron chi connectivity index (χ2n) is 4.92. The minimum atomic E-state index is -1.64. The van der Waals surface area contributed by atoms with Crippen LogP contribution in [-0.2, 0) is 0 Å². The molecule has 3 rings (SSSR count). The van der Waals surface area contributed by atoms with Gasteiger partial charge in [-0.2, -0.15) is 5.10 Å². The Balaban J connectivity index is 1.90.